The van der Waals surface area contributed by atoms with Crippen LogP contribution >= 0.6 is 11.6 Å². The Morgan fingerprint density at radius 1 is 1.13 bits per heavy atom. The molecule has 1 aliphatic carbocycles. The first kappa shape index (κ1) is 16.8. The molecule has 2 aliphatic rings. The second-order valence-electron chi connectivity index (χ2n) is 6.98. The summed E-state index contributed by atoms with van der Waals surface area (Å²) in [6, 6.07) is 8.90. The molecule has 1 aromatic rings. The molecule has 1 heterocycles. The minimum Gasteiger partial charge on any atom is -0.342 e. The smallest absolute Gasteiger partial charge is 0.236 e. The maximum absolute atomic E-state index is 12.7. The van der Waals surface area contributed by atoms with E-state index < -0.39 is 0 Å². The lowest BCUT2D eigenvalue weighted by Gasteiger charge is -2.33. The molecule has 1 saturated heterocycles. The van der Waals surface area contributed by atoms with Crippen molar-refractivity contribution in [2.75, 3.05) is 20.1 Å². The van der Waals surface area contributed by atoms with Gasteiger partial charge >= 0.3 is 0 Å². The molecule has 0 bridgehead atoms. The third-order valence-corrected chi connectivity index (χ3v) is 5.72. The van der Waals surface area contributed by atoms with Crippen LogP contribution in [0.2, 0.25) is 5.02 Å². The standard InChI is InChI=1S/C19H27ClN2O/c1-21(17-6-3-2-4-7-17)19(23)14-22-13-5-8-18(22)15-9-11-16(20)12-10-15/h9-12,17-18H,2-8,13-14H2,1H3. The van der Waals surface area contributed by atoms with E-state index >= 15 is 0 Å². The predicted octanol–water partition coefficient (Wildman–Crippen LogP) is 4.27. The molecule has 23 heavy (non-hydrogen) atoms. The lowest BCUT2D eigenvalue weighted by Crippen LogP contribution is -2.44. The van der Waals surface area contributed by atoms with Gasteiger partial charge in [-0.3, -0.25) is 9.69 Å². The summed E-state index contributed by atoms with van der Waals surface area (Å²) in [5.74, 6) is 0.276. The maximum atomic E-state index is 12.7. The molecule has 2 fully saturated rings. The van der Waals surface area contributed by atoms with Crippen molar-refractivity contribution in [3.8, 4) is 0 Å². The van der Waals surface area contributed by atoms with Crippen LogP contribution in [0.3, 0.4) is 0 Å². The van der Waals surface area contributed by atoms with Gasteiger partial charge in [-0.05, 0) is 49.9 Å². The highest BCUT2D eigenvalue weighted by Gasteiger charge is 2.30. The van der Waals surface area contributed by atoms with Crippen LogP contribution in [0.5, 0.6) is 0 Å². The third-order valence-electron chi connectivity index (χ3n) is 5.47. The molecule has 4 heteroatoms. The highest BCUT2D eigenvalue weighted by Crippen LogP contribution is 2.32. The highest BCUT2D eigenvalue weighted by molar-refractivity contribution is 6.30. The number of benzene rings is 1. The molecule has 126 valence electrons. The lowest BCUT2D eigenvalue weighted by molar-refractivity contribution is -0.134. The Labute approximate surface area is 144 Å². The molecule has 0 radical (unpaired) electrons. The summed E-state index contributed by atoms with van der Waals surface area (Å²) >= 11 is 5.99. The van der Waals surface area contributed by atoms with Gasteiger partial charge < -0.3 is 4.90 Å². The minimum atomic E-state index is 0.276. The van der Waals surface area contributed by atoms with Crippen molar-refractivity contribution in [2.24, 2.45) is 0 Å². The first-order valence-corrected chi connectivity index (χ1v) is 9.28. The third kappa shape index (κ3) is 4.07. The summed E-state index contributed by atoms with van der Waals surface area (Å²) in [7, 11) is 1.99. The monoisotopic (exact) mass is 334 g/mol. The van der Waals surface area contributed by atoms with E-state index in [1.54, 1.807) is 0 Å². The Morgan fingerprint density at radius 3 is 2.52 bits per heavy atom. The molecule has 3 nitrogen and oxygen atoms in total. The van der Waals surface area contributed by atoms with Crippen molar-refractivity contribution in [3.63, 3.8) is 0 Å². The summed E-state index contributed by atoms with van der Waals surface area (Å²) in [6.45, 7) is 1.55. The number of amides is 1. The van der Waals surface area contributed by atoms with Crippen molar-refractivity contribution >= 4 is 17.5 Å². The van der Waals surface area contributed by atoms with Crippen molar-refractivity contribution < 1.29 is 4.79 Å². The van der Waals surface area contributed by atoms with Gasteiger partial charge in [0, 0.05) is 24.2 Å². The van der Waals surface area contributed by atoms with Gasteiger partial charge in [0.1, 0.15) is 0 Å². The summed E-state index contributed by atoms with van der Waals surface area (Å²) in [6.07, 6.45) is 8.48. The van der Waals surface area contributed by atoms with Crippen LogP contribution in [0.15, 0.2) is 24.3 Å². The summed E-state index contributed by atoms with van der Waals surface area (Å²) in [4.78, 5) is 17.0. The number of nitrogens with zero attached hydrogens (tertiary/aromatic N) is 2. The number of halogens is 1. The SMILES string of the molecule is CN(C(=O)CN1CCCC1c1ccc(Cl)cc1)C1CCCCC1. The first-order chi connectivity index (χ1) is 11.1. The van der Waals surface area contributed by atoms with Gasteiger partial charge in [-0.2, -0.15) is 0 Å². The fraction of sp³-hybridized carbons (Fsp3) is 0.632. The number of likely N-dealkylation sites (tertiary alicyclic amines) is 1. The average Bonchev–Trinajstić information content (AvgIpc) is 3.03. The van der Waals surface area contributed by atoms with Crippen LogP contribution in [0.4, 0.5) is 0 Å². The van der Waals surface area contributed by atoms with Gasteiger partial charge in [0.05, 0.1) is 6.54 Å². The number of hydrogen-bond donors (Lipinski definition) is 0. The molecule has 1 aliphatic heterocycles. The van der Waals surface area contributed by atoms with E-state index in [-0.39, 0.29) is 5.91 Å². The number of carbonyl (C=O) groups excluding carboxylic acids is 1. The molecule has 1 saturated carbocycles. The van der Waals surface area contributed by atoms with Crippen LogP contribution in [0.1, 0.15) is 56.6 Å². The van der Waals surface area contributed by atoms with Crippen LogP contribution in [0, 0.1) is 0 Å². The summed E-state index contributed by atoms with van der Waals surface area (Å²) < 4.78 is 0. The van der Waals surface area contributed by atoms with E-state index in [9.17, 15) is 4.79 Å². The second kappa shape index (κ2) is 7.67. The fourth-order valence-electron chi connectivity index (χ4n) is 4.04. The number of likely N-dealkylation sites (N-methyl/N-ethyl adjacent to an activating group) is 1. The van der Waals surface area contributed by atoms with E-state index in [1.165, 1.54) is 37.7 Å². The molecule has 0 aromatic heterocycles. The fourth-order valence-corrected chi connectivity index (χ4v) is 4.16. The second-order valence-corrected chi connectivity index (χ2v) is 7.41. The Bertz CT molecular complexity index is 525. The molecular weight excluding hydrogens is 308 g/mol. The molecule has 1 amide bonds. The van der Waals surface area contributed by atoms with Gasteiger partial charge in [0.2, 0.25) is 5.91 Å². The normalized spacial score (nSPS) is 23.1. The average molecular weight is 335 g/mol. The Morgan fingerprint density at radius 2 is 1.83 bits per heavy atom. The molecule has 1 aromatic carbocycles. The first-order valence-electron chi connectivity index (χ1n) is 8.90. The zero-order valence-corrected chi connectivity index (χ0v) is 14.8. The number of carbonyl (C=O) groups is 1. The van der Waals surface area contributed by atoms with E-state index in [0.29, 0.717) is 18.6 Å². The molecular formula is C19H27ClN2O. The topological polar surface area (TPSA) is 23.6 Å². The van der Waals surface area contributed by atoms with Crippen molar-refractivity contribution in [1.29, 1.82) is 0 Å². The van der Waals surface area contributed by atoms with Gasteiger partial charge in [0.15, 0.2) is 0 Å². The lowest BCUT2D eigenvalue weighted by atomic mass is 9.94. The molecule has 1 unspecified atom stereocenters. The van der Waals surface area contributed by atoms with E-state index in [0.717, 1.165) is 24.4 Å². The van der Waals surface area contributed by atoms with E-state index in [4.69, 9.17) is 11.6 Å². The quantitative estimate of drug-likeness (QED) is 0.821. The predicted molar refractivity (Wildman–Crippen MR) is 94.6 cm³/mol. The zero-order chi connectivity index (χ0) is 16.2. The van der Waals surface area contributed by atoms with E-state index in [2.05, 4.69) is 17.0 Å². The summed E-state index contributed by atoms with van der Waals surface area (Å²) in [5, 5.41) is 0.770. The van der Waals surface area contributed by atoms with Crippen LogP contribution in [-0.4, -0.2) is 41.9 Å². The van der Waals surface area contributed by atoms with Gasteiger partial charge in [-0.15, -0.1) is 0 Å². The van der Waals surface area contributed by atoms with Crippen molar-refractivity contribution in [2.45, 2.75) is 57.0 Å². The Kier molecular flexibility index (Phi) is 5.60. The highest BCUT2D eigenvalue weighted by atomic mass is 35.5. The van der Waals surface area contributed by atoms with Gasteiger partial charge in [-0.25, -0.2) is 0 Å². The maximum Gasteiger partial charge on any atom is 0.236 e. The van der Waals surface area contributed by atoms with Crippen LogP contribution < -0.4 is 0 Å². The van der Waals surface area contributed by atoms with Crippen molar-refractivity contribution in [3.05, 3.63) is 34.9 Å². The molecule has 1 atom stereocenters. The molecule has 0 N–H and O–H groups in total. The van der Waals surface area contributed by atoms with Gasteiger partial charge in [-0.1, -0.05) is 43.0 Å². The zero-order valence-electron chi connectivity index (χ0n) is 14.0. The molecule has 3 rings (SSSR count). The van der Waals surface area contributed by atoms with Gasteiger partial charge in [0.25, 0.3) is 0 Å². The Balaban J connectivity index is 1.61. The van der Waals surface area contributed by atoms with Crippen LogP contribution in [-0.2, 0) is 4.79 Å². The van der Waals surface area contributed by atoms with E-state index in [1.807, 2.05) is 24.1 Å². The van der Waals surface area contributed by atoms with Crippen LogP contribution in [0.25, 0.3) is 0 Å². The minimum absolute atomic E-state index is 0.276. The number of rotatable bonds is 4. The largest absolute Gasteiger partial charge is 0.342 e. The Hall–Kier alpha value is -1.06. The number of hydrogen-bond acceptors (Lipinski definition) is 2. The summed E-state index contributed by atoms with van der Waals surface area (Å²) in [5.41, 5.74) is 1.28. The van der Waals surface area contributed by atoms with Crippen molar-refractivity contribution in [1.82, 2.24) is 9.80 Å². The molecule has 0 spiro atoms.